The fourth-order valence-corrected chi connectivity index (χ4v) is 3.34. The number of urea groups is 1. The van der Waals surface area contributed by atoms with Crippen molar-refractivity contribution >= 4 is 6.03 Å². The van der Waals surface area contributed by atoms with Gasteiger partial charge in [0.2, 0.25) is 0 Å². The summed E-state index contributed by atoms with van der Waals surface area (Å²) in [4.78, 5) is 14.1. The first-order valence-corrected chi connectivity index (χ1v) is 7.82. The van der Waals surface area contributed by atoms with Gasteiger partial charge >= 0.3 is 6.03 Å². The Morgan fingerprint density at radius 1 is 1.10 bits per heavy atom. The molecule has 3 fully saturated rings. The van der Waals surface area contributed by atoms with Crippen molar-refractivity contribution < 1.29 is 14.3 Å². The summed E-state index contributed by atoms with van der Waals surface area (Å²) >= 11 is 0. The van der Waals surface area contributed by atoms with Crippen molar-refractivity contribution in [1.82, 2.24) is 10.2 Å². The first-order chi connectivity index (χ1) is 9.48. The Hall–Kier alpha value is -0.810. The lowest BCUT2D eigenvalue weighted by molar-refractivity contribution is -0.301. The lowest BCUT2D eigenvalue weighted by Crippen LogP contribution is -2.67. The van der Waals surface area contributed by atoms with Crippen LogP contribution in [0.15, 0.2) is 0 Å². The lowest BCUT2D eigenvalue weighted by Gasteiger charge is -2.54. The molecule has 5 heteroatoms. The molecule has 3 aliphatic rings. The van der Waals surface area contributed by atoms with Gasteiger partial charge in [0, 0.05) is 19.1 Å². The molecule has 1 aliphatic carbocycles. The summed E-state index contributed by atoms with van der Waals surface area (Å²) in [6.45, 7) is 6.75. The van der Waals surface area contributed by atoms with E-state index in [4.69, 9.17) is 9.47 Å². The molecule has 0 bridgehead atoms. The lowest BCUT2D eigenvalue weighted by atomic mass is 9.80. The summed E-state index contributed by atoms with van der Waals surface area (Å²) in [5.74, 6) is -0.476. The zero-order valence-corrected chi connectivity index (χ0v) is 12.6. The number of likely N-dealkylation sites (tertiary alicyclic amines) is 1. The summed E-state index contributed by atoms with van der Waals surface area (Å²) in [6.07, 6.45) is 6.05. The second-order valence-corrected chi connectivity index (χ2v) is 7.12. The maximum absolute atomic E-state index is 12.2. The van der Waals surface area contributed by atoms with E-state index in [2.05, 4.69) is 5.32 Å². The Morgan fingerprint density at radius 2 is 1.70 bits per heavy atom. The number of carbonyl (C=O) groups is 1. The van der Waals surface area contributed by atoms with Gasteiger partial charge in [0.1, 0.15) is 0 Å². The van der Waals surface area contributed by atoms with Crippen molar-refractivity contribution in [2.45, 2.75) is 57.8 Å². The number of nitrogens with one attached hydrogen (secondary N) is 1. The van der Waals surface area contributed by atoms with Crippen LogP contribution < -0.4 is 5.32 Å². The van der Waals surface area contributed by atoms with E-state index in [-0.39, 0.29) is 11.4 Å². The summed E-state index contributed by atoms with van der Waals surface area (Å²) in [7, 11) is 0. The molecule has 2 aliphatic heterocycles. The van der Waals surface area contributed by atoms with Crippen LogP contribution in [0, 0.1) is 5.41 Å². The normalized spacial score (nSPS) is 29.0. The molecule has 114 valence electrons. The Kier molecular flexibility index (Phi) is 3.67. The highest BCUT2D eigenvalue weighted by atomic mass is 16.7. The molecular weight excluding hydrogens is 256 g/mol. The van der Waals surface area contributed by atoms with E-state index in [1.54, 1.807) is 0 Å². The number of hydrogen-bond donors (Lipinski definition) is 1. The van der Waals surface area contributed by atoms with Crippen molar-refractivity contribution in [3.05, 3.63) is 0 Å². The highest BCUT2D eigenvalue weighted by Gasteiger charge is 2.50. The standard InChI is InChI=1S/C15H26N2O3/c1-14(2)19-10-15(11-20-14)8-17(9-15)13(18)16-12-6-4-3-5-7-12/h12H,3-11H2,1-2H3,(H,16,18). The van der Waals surface area contributed by atoms with Crippen LogP contribution in [0.5, 0.6) is 0 Å². The van der Waals surface area contributed by atoms with Crippen LogP contribution in [-0.4, -0.2) is 49.1 Å². The van der Waals surface area contributed by atoms with Gasteiger partial charge in [0.25, 0.3) is 0 Å². The number of carbonyl (C=O) groups excluding carboxylic acids is 1. The Bertz CT molecular complexity index is 359. The van der Waals surface area contributed by atoms with E-state index < -0.39 is 5.79 Å². The van der Waals surface area contributed by atoms with E-state index in [9.17, 15) is 4.79 Å². The quantitative estimate of drug-likeness (QED) is 0.801. The molecular formula is C15H26N2O3. The molecule has 5 nitrogen and oxygen atoms in total. The predicted octanol–water partition coefficient (Wildman–Crippen LogP) is 2.11. The Labute approximate surface area is 121 Å². The number of rotatable bonds is 1. The molecule has 0 aromatic carbocycles. The molecule has 3 rings (SSSR count). The molecule has 1 spiro atoms. The molecule has 0 aromatic rings. The molecule has 2 saturated heterocycles. The maximum atomic E-state index is 12.2. The molecule has 0 atom stereocenters. The molecule has 1 saturated carbocycles. The summed E-state index contributed by atoms with van der Waals surface area (Å²) in [5.41, 5.74) is 0.0272. The third-order valence-electron chi connectivity index (χ3n) is 4.72. The van der Waals surface area contributed by atoms with Gasteiger partial charge in [-0.25, -0.2) is 4.79 Å². The maximum Gasteiger partial charge on any atom is 0.317 e. The minimum Gasteiger partial charge on any atom is -0.350 e. The monoisotopic (exact) mass is 282 g/mol. The zero-order chi connectivity index (χ0) is 14.2. The minimum absolute atomic E-state index is 0.0272. The molecule has 2 heterocycles. The summed E-state index contributed by atoms with van der Waals surface area (Å²) < 4.78 is 11.4. The largest absolute Gasteiger partial charge is 0.350 e. The van der Waals surface area contributed by atoms with Gasteiger partial charge in [0.05, 0.1) is 18.6 Å². The highest BCUT2D eigenvalue weighted by Crippen LogP contribution is 2.37. The minimum atomic E-state index is -0.476. The Morgan fingerprint density at radius 3 is 2.30 bits per heavy atom. The first kappa shape index (κ1) is 14.1. The van der Waals surface area contributed by atoms with Crippen LogP contribution in [0.2, 0.25) is 0 Å². The smallest absolute Gasteiger partial charge is 0.317 e. The average molecular weight is 282 g/mol. The SMILES string of the molecule is CC1(C)OCC2(CO1)CN(C(=O)NC1CCCCC1)C2. The number of amides is 2. The van der Waals surface area contributed by atoms with Crippen LogP contribution in [0.25, 0.3) is 0 Å². The van der Waals surface area contributed by atoms with Gasteiger partial charge in [-0.15, -0.1) is 0 Å². The second kappa shape index (κ2) is 5.19. The molecule has 0 aromatic heterocycles. The summed E-state index contributed by atoms with van der Waals surface area (Å²) in [5, 5.41) is 3.16. The van der Waals surface area contributed by atoms with Crippen molar-refractivity contribution in [2.24, 2.45) is 5.41 Å². The first-order valence-electron chi connectivity index (χ1n) is 7.82. The van der Waals surface area contributed by atoms with Gasteiger partial charge in [-0.1, -0.05) is 19.3 Å². The third-order valence-corrected chi connectivity index (χ3v) is 4.72. The van der Waals surface area contributed by atoms with Crippen LogP contribution in [-0.2, 0) is 9.47 Å². The second-order valence-electron chi connectivity index (χ2n) is 7.12. The van der Waals surface area contributed by atoms with Gasteiger partial charge < -0.3 is 19.7 Å². The van der Waals surface area contributed by atoms with Crippen LogP contribution >= 0.6 is 0 Å². The van der Waals surface area contributed by atoms with E-state index in [1.807, 2.05) is 18.7 Å². The number of nitrogens with zero attached hydrogens (tertiary/aromatic N) is 1. The fourth-order valence-electron chi connectivity index (χ4n) is 3.34. The average Bonchev–Trinajstić information content (AvgIpc) is 2.38. The van der Waals surface area contributed by atoms with E-state index in [0.717, 1.165) is 25.9 Å². The third kappa shape index (κ3) is 2.93. The molecule has 0 unspecified atom stereocenters. The van der Waals surface area contributed by atoms with Crippen molar-refractivity contribution in [3.63, 3.8) is 0 Å². The topological polar surface area (TPSA) is 50.8 Å². The molecule has 1 N–H and O–H groups in total. The van der Waals surface area contributed by atoms with Gasteiger partial charge in [0.15, 0.2) is 5.79 Å². The number of hydrogen-bond acceptors (Lipinski definition) is 3. The van der Waals surface area contributed by atoms with Crippen LogP contribution in [0.3, 0.4) is 0 Å². The summed E-state index contributed by atoms with van der Waals surface area (Å²) in [6, 6.07) is 0.470. The van der Waals surface area contributed by atoms with E-state index in [1.165, 1.54) is 19.3 Å². The van der Waals surface area contributed by atoms with Gasteiger partial charge in [-0.05, 0) is 26.7 Å². The van der Waals surface area contributed by atoms with Gasteiger partial charge in [-0.3, -0.25) is 0 Å². The van der Waals surface area contributed by atoms with Gasteiger partial charge in [-0.2, -0.15) is 0 Å². The number of ether oxygens (including phenoxy) is 2. The molecule has 2 amide bonds. The molecule has 20 heavy (non-hydrogen) atoms. The van der Waals surface area contributed by atoms with E-state index in [0.29, 0.717) is 19.3 Å². The molecule has 0 radical (unpaired) electrons. The van der Waals surface area contributed by atoms with Crippen molar-refractivity contribution in [3.8, 4) is 0 Å². The van der Waals surface area contributed by atoms with E-state index >= 15 is 0 Å². The van der Waals surface area contributed by atoms with Crippen LogP contribution in [0.4, 0.5) is 4.79 Å². The fraction of sp³-hybridized carbons (Fsp3) is 0.933. The van der Waals surface area contributed by atoms with Crippen LogP contribution in [0.1, 0.15) is 46.0 Å². The zero-order valence-electron chi connectivity index (χ0n) is 12.6. The predicted molar refractivity (Wildman–Crippen MR) is 75.4 cm³/mol. The van der Waals surface area contributed by atoms with Crippen molar-refractivity contribution in [2.75, 3.05) is 26.3 Å². The van der Waals surface area contributed by atoms with Crippen molar-refractivity contribution in [1.29, 1.82) is 0 Å². The highest BCUT2D eigenvalue weighted by molar-refractivity contribution is 5.75. The Balaban J connectivity index is 1.44.